The Kier molecular flexibility index (Phi) is 7.47. The summed E-state index contributed by atoms with van der Waals surface area (Å²) in [5.41, 5.74) is 2.18. The van der Waals surface area contributed by atoms with Gasteiger partial charge >= 0.3 is 0 Å². The number of halogens is 2. The number of benzene rings is 2. The maximum Gasteiger partial charge on any atom is 0.266 e. The molecule has 0 amide bonds. The molecule has 5 rings (SSSR count). The van der Waals surface area contributed by atoms with Gasteiger partial charge < -0.3 is 14.2 Å². The number of Topliss-reactive ketones (excluding diaryl/α,β-unsaturated/α-hetero) is 1. The van der Waals surface area contributed by atoms with E-state index in [0.29, 0.717) is 39.3 Å². The molecule has 10 heteroatoms. The fraction of sp³-hybridized carbons (Fsp3) is 0.161. The number of hydrogen-bond acceptors (Lipinski definition) is 7. The van der Waals surface area contributed by atoms with Crippen LogP contribution in [0.2, 0.25) is 0 Å². The molecule has 5 aromatic rings. The zero-order valence-electron chi connectivity index (χ0n) is 22.7. The maximum atomic E-state index is 15.1. The third kappa shape index (κ3) is 5.36. The van der Waals surface area contributed by atoms with Gasteiger partial charge in [0.05, 0.1) is 31.0 Å². The molecule has 41 heavy (non-hydrogen) atoms. The van der Waals surface area contributed by atoms with Crippen molar-refractivity contribution in [2.24, 2.45) is 0 Å². The van der Waals surface area contributed by atoms with E-state index >= 15 is 4.39 Å². The fourth-order valence-corrected chi connectivity index (χ4v) is 4.53. The lowest BCUT2D eigenvalue weighted by atomic mass is 10.0. The van der Waals surface area contributed by atoms with Crippen LogP contribution in [0.25, 0.3) is 16.7 Å². The van der Waals surface area contributed by atoms with Crippen LogP contribution in [0.4, 0.5) is 8.78 Å². The quantitative estimate of drug-likeness (QED) is 0.219. The Labute approximate surface area is 233 Å². The lowest BCUT2D eigenvalue weighted by Crippen LogP contribution is -2.27. The van der Waals surface area contributed by atoms with Crippen LogP contribution in [0, 0.1) is 25.5 Å². The number of fused-ring (bicyclic) bond motifs is 1. The molecule has 2 aromatic carbocycles. The van der Waals surface area contributed by atoms with E-state index in [4.69, 9.17) is 14.2 Å². The number of ketones is 1. The topological polar surface area (TPSA) is 92.5 Å². The number of aromatic nitrogens is 3. The van der Waals surface area contributed by atoms with Gasteiger partial charge in [-0.15, -0.1) is 0 Å². The highest BCUT2D eigenvalue weighted by Gasteiger charge is 2.19. The first kappa shape index (κ1) is 27.4. The van der Waals surface area contributed by atoms with E-state index in [2.05, 4.69) is 9.97 Å². The van der Waals surface area contributed by atoms with E-state index < -0.39 is 23.0 Å². The van der Waals surface area contributed by atoms with Gasteiger partial charge in [0.25, 0.3) is 11.4 Å². The Hall–Kier alpha value is -5.12. The summed E-state index contributed by atoms with van der Waals surface area (Å²) in [7, 11) is 2.93. The second-order valence-corrected chi connectivity index (χ2v) is 9.30. The highest BCUT2D eigenvalue weighted by atomic mass is 19.1. The van der Waals surface area contributed by atoms with Gasteiger partial charge in [-0.1, -0.05) is 6.07 Å². The Bertz CT molecular complexity index is 1870. The van der Waals surface area contributed by atoms with Crippen molar-refractivity contribution in [1.82, 2.24) is 14.5 Å². The van der Waals surface area contributed by atoms with Crippen LogP contribution in [0.5, 0.6) is 23.1 Å². The number of aryl methyl sites for hydroxylation is 2. The van der Waals surface area contributed by atoms with Gasteiger partial charge in [0, 0.05) is 30.4 Å². The Morgan fingerprint density at radius 3 is 2.41 bits per heavy atom. The van der Waals surface area contributed by atoms with Gasteiger partial charge in [0.15, 0.2) is 28.8 Å². The van der Waals surface area contributed by atoms with Gasteiger partial charge in [0.2, 0.25) is 0 Å². The van der Waals surface area contributed by atoms with Crippen molar-refractivity contribution in [3.05, 3.63) is 111 Å². The van der Waals surface area contributed by atoms with Gasteiger partial charge in [-0.2, -0.15) is 0 Å². The summed E-state index contributed by atoms with van der Waals surface area (Å²) in [6, 6.07) is 14.5. The molecule has 0 spiro atoms. The smallest absolute Gasteiger partial charge is 0.266 e. The molecule has 0 unspecified atom stereocenters. The lowest BCUT2D eigenvalue weighted by molar-refractivity contribution is 0.0991. The van der Waals surface area contributed by atoms with Gasteiger partial charge in [0.1, 0.15) is 11.3 Å². The minimum absolute atomic E-state index is 0.0567. The van der Waals surface area contributed by atoms with E-state index in [9.17, 15) is 14.0 Å². The van der Waals surface area contributed by atoms with Crippen molar-refractivity contribution in [3.8, 4) is 28.8 Å². The van der Waals surface area contributed by atoms with Gasteiger partial charge in [-0.05, 0) is 67.4 Å². The summed E-state index contributed by atoms with van der Waals surface area (Å²) in [5, 5.41) is 0. The number of rotatable bonds is 8. The summed E-state index contributed by atoms with van der Waals surface area (Å²) < 4.78 is 46.5. The molecule has 0 bridgehead atoms. The predicted molar refractivity (Wildman–Crippen MR) is 149 cm³/mol. The molecule has 0 fully saturated rings. The molecule has 0 aliphatic carbocycles. The predicted octanol–water partition coefficient (Wildman–Crippen LogP) is 5.91. The molecule has 3 aromatic heterocycles. The SMILES string of the molecule is COc1cc2nccc(Oc3ccc(CC(=O)c4ccc(C)n(-c5ccc(F)cc5C)c4=O)cc3F)c2nc1OC. The third-order valence-electron chi connectivity index (χ3n) is 6.58. The van der Waals surface area contributed by atoms with Crippen molar-refractivity contribution in [2.75, 3.05) is 14.2 Å². The van der Waals surface area contributed by atoms with E-state index in [0.717, 1.165) is 0 Å². The van der Waals surface area contributed by atoms with Crippen LogP contribution in [0.1, 0.15) is 27.2 Å². The minimum Gasteiger partial charge on any atom is -0.491 e. The van der Waals surface area contributed by atoms with Crippen LogP contribution in [0.3, 0.4) is 0 Å². The van der Waals surface area contributed by atoms with Crippen LogP contribution in [-0.2, 0) is 6.42 Å². The summed E-state index contributed by atoms with van der Waals surface area (Å²) in [6.07, 6.45) is 1.28. The number of ether oxygens (including phenoxy) is 3. The third-order valence-corrected chi connectivity index (χ3v) is 6.58. The summed E-state index contributed by atoms with van der Waals surface area (Å²) >= 11 is 0. The number of carbonyl (C=O) groups excluding carboxylic acids is 1. The first-order valence-corrected chi connectivity index (χ1v) is 12.6. The molecule has 0 saturated heterocycles. The lowest BCUT2D eigenvalue weighted by Gasteiger charge is -2.14. The number of nitrogens with zero attached hydrogens (tertiary/aromatic N) is 3. The van der Waals surface area contributed by atoms with E-state index in [1.165, 1.54) is 61.4 Å². The highest BCUT2D eigenvalue weighted by Crippen LogP contribution is 2.34. The number of carbonyl (C=O) groups is 1. The first-order valence-electron chi connectivity index (χ1n) is 12.6. The highest BCUT2D eigenvalue weighted by molar-refractivity contribution is 5.97. The van der Waals surface area contributed by atoms with E-state index in [1.807, 2.05) is 0 Å². The molecular formula is C31H25F2N3O5. The van der Waals surface area contributed by atoms with Gasteiger partial charge in [-0.3, -0.25) is 19.1 Å². The monoisotopic (exact) mass is 557 g/mol. The van der Waals surface area contributed by atoms with Gasteiger partial charge in [-0.25, -0.2) is 13.8 Å². The zero-order valence-corrected chi connectivity index (χ0v) is 22.7. The molecule has 8 nitrogen and oxygen atoms in total. The largest absolute Gasteiger partial charge is 0.491 e. The fourth-order valence-electron chi connectivity index (χ4n) is 4.53. The summed E-state index contributed by atoms with van der Waals surface area (Å²) in [5.74, 6) is -0.849. The average Bonchev–Trinajstić information content (AvgIpc) is 2.94. The van der Waals surface area contributed by atoms with Crippen molar-refractivity contribution in [1.29, 1.82) is 0 Å². The molecular weight excluding hydrogens is 532 g/mol. The summed E-state index contributed by atoms with van der Waals surface area (Å²) in [6.45, 7) is 3.41. The second-order valence-electron chi connectivity index (χ2n) is 9.30. The van der Waals surface area contributed by atoms with Crippen molar-refractivity contribution in [3.63, 3.8) is 0 Å². The molecule has 0 saturated carbocycles. The number of pyridine rings is 3. The normalized spacial score (nSPS) is 11.0. The van der Waals surface area contributed by atoms with Crippen molar-refractivity contribution in [2.45, 2.75) is 20.3 Å². The van der Waals surface area contributed by atoms with Crippen LogP contribution >= 0.6 is 0 Å². The zero-order chi connectivity index (χ0) is 29.3. The standard InChI is InChI=1S/C31H25F2N3O5/c1-17-13-20(32)7-9-24(17)36-18(2)5-8-21(31(36)38)25(37)15-19-6-10-26(22(33)14-19)41-27-11-12-34-23-16-28(39-3)30(40-4)35-29(23)27/h5-14,16H,15H2,1-4H3. The number of hydrogen-bond donors (Lipinski definition) is 0. The van der Waals surface area contributed by atoms with E-state index in [-0.39, 0.29) is 29.4 Å². The number of methoxy groups -OCH3 is 2. The van der Waals surface area contributed by atoms with Crippen LogP contribution in [-0.4, -0.2) is 34.5 Å². The maximum absolute atomic E-state index is 15.1. The molecule has 0 aliphatic heterocycles. The summed E-state index contributed by atoms with van der Waals surface area (Å²) in [4.78, 5) is 35.1. The minimum atomic E-state index is -0.705. The van der Waals surface area contributed by atoms with Crippen molar-refractivity contribution >= 4 is 16.8 Å². The van der Waals surface area contributed by atoms with Crippen molar-refractivity contribution < 1.29 is 27.8 Å². The molecule has 0 radical (unpaired) electrons. The average molecular weight is 558 g/mol. The Morgan fingerprint density at radius 2 is 1.71 bits per heavy atom. The molecule has 0 atom stereocenters. The molecule has 0 aliphatic rings. The first-order chi connectivity index (χ1) is 19.7. The van der Waals surface area contributed by atoms with E-state index in [1.54, 1.807) is 38.1 Å². The Morgan fingerprint density at radius 1 is 0.902 bits per heavy atom. The van der Waals surface area contributed by atoms with Crippen LogP contribution < -0.4 is 19.8 Å². The molecule has 3 heterocycles. The van der Waals surface area contributed by atoms with Crippen LogP contribution in [0.15, 0.2) is 71.7 Å². The second kappa shape index (κ2) is 11.2. The molecule has 208 valence electrons. The molecule has 0 N–H and O–H groups in total. The Balaban J connectivity index is 1.41.